The molecule has 1 saturated heterocycles. The number of carbonyl (C=O) groups excluding carboxylic acids is 1. The number of benzene rings is 2. The molecule has 1 aromatic heterocycles. The fourth-order valence-electron chi connectivity index (χ4n) is 3.88. The van der Waals surface area contributed by atoms with E-state index in [1.54, 1.807) is 19.9 Å². The summed E-state index contributed by atoms with van der Waals surface area (Å²) in [6.07, 6.45) is -4.57. The summed E-state index contributed by atoms with van der Waals surface area (Å²) in [5.41, 5.74) is -1.02. The van der Waals surface area contributed by atoms with E-state index in [0.29, 0.717) is 5.75 Å². The second-order valence-corrected chi connectivity index (χ2v) is 10.7. The smallest absolute Gasteiger partial charge is 0.330 e. The topological polar surface area (TPSA) is 121 Å². The van der Waals surface area contributed by atoms with Crippen molar-refractivity contribution in [3.8, 4) is 5.75 Å². The van der Waals surface area contributed by atoms with Crippen molar-refractivity contribution in [3.05, 3.63) is 75.1 Å². The van der Waals surface area contributed by atoms with E-state index in [-0.39, 0.29) is 31.2 Å². The largest absolute Gasteiger partial charge is 0.462 e. The van der Waals surface area contributed by atoms with E-state index in [4.69, 9.17) is 18.5 Å². The van der Waals surface area contributed by atoms with Crippen LogP contribution in [0, 0.1) is 6.92 Å². The SMILES string of the molecule is CC(F)F.Cc1cn(C2OC(COP(NCC(=O)OC(C)C)Oc3cccc4ccccc34)CC2F)c(=O)[nH]c1=O. The van der Waals surface area contributed by atoms with Crippen molar-refractivity contribution < 1.29 is 36.5 Å². The standard InChI is InChI=1S/C25H29FN3O7P.C2H4F2/c1-15(2)34-22(30)12-27-37(36-21-10-6-8-17-7-4-5-9-19(17)21)33-14-18-11-20(26)24(35-18)29-13-16(3)23(31)28-25(29)32;1-2(3)4/h4-10,13,15,18,20,24,27H,11-12,14H2,1-3H3,(H,28,31,32);2H,1H3. The third-order valence-corrected chi connectivity index (χ3v) is 6.74. The highest BCUT2D eigenvalue weighted by molar-refractivity contribution is 7.45. The van der Waals surface area contributed by atoms with Crippen molar-refractivity contribution in [2.24, 2.45) is 0 Å². The minimum absolute atomic E-state index is 0.0257. The fraction of sp³-hybridized carbons (Fsp3) is 0.444. The molecular weight excluding hydrogens is 566 g/mol. The number of esters is 1. The van der Waals surface area contributed by atoms with E-state index >= 15 is 0 Å². The molecule has 0 aliphatic carbocycles. The summed E-state index contributed by atoms with van der Waals surface area (Å²) in [4.78, 5) is 38.1. The summed E-state index contributed by atoms with van der Waals surface area (Å²) in [7, 11) is -1.85. The van der Waals surface area contributed by atoms with Crippen molar-refractivity contribution in [2.45, 2.75) is 65.1 Å². The predicted molar refractivity (Wildman–Crippen MR) is 148 cm³/mol. The number of aromatic amines is 1. The second-order valence-electron chi connectivity index (χ2n) is 9.39. The summed E-state index contributed by atoms with van der Waals surface area (Å²) < 4.78 is 59.5. The van der Waals surface area contributed by atoms with Gasteiger partial charge in [-0.05, 0) is 39.1 Å². The third kappa shape index (κ3) is 9.67. The Morgan fingerprint density at radius 2 is 1.85 bits per heavy atom. The number of halogens is 3. The van der Waals surface area contributed by atoms with E-state index < -0.39 is 50.7 Å². The number of ether oxygens (including phenoxy) is 2. The molecule has 0 radical (unpaired) electrons. The first kappa shape index (κ1) is 32.3. The Bertz CT molecular complexity index is 1410. The highest BCUT2D eigenvalue weighted by atomic mass is 31.2. The van der Waals surface area contributed by atoms with Crippen LogP contribution in [0.25, 0.3) is 10.8 Å². The Labute approximate surface area is 235 Å². The molecular formula is C27H33F3N3O7P. The van der Waals surface area contributed by atoms with Crippen LogP contribution in [0.15, 0.2) is 58.3 Å². The van der Waals surface area contributed by atoms with Crippen molar-refractivity contribution in [1.29, 1.82) is 0 Å². The van der Waals surface area contributed by atoms with Gasteiger partial charge in [-0.3, -0.25) is 19.1 Å². The molecule has 2 N–H and O–H groups in total. The van der Waals surface area contributed by atoms with Gasteiger partial charge in [0.1, 0.15) is 18.5 Å². The van der Waals surface area contributed by atoms with E-state index in [2.05, 4.69) is 10.1 Å². The van der Waals surface area contributed by atoms with Gasteiger partial charge in [0.2, 0.25) is 6.43 Å². The number of alkyl halides is 3. The summed E-state index contributed by atoms with van der Waals surface area (Å²) in [5, 5.41) is 4.77. The molecule has 0 amide bonds. The molecule has 3 aromatic rings. The molecule has 4 unspecified atom stereocenters. The predicted octanol–water partition coefficient (Wildman–Crippen LogP) is 4.76. The van der Waals surface area contributed by atoms with Crippen LogP contribution in [0.2, 0.25) is 0 Å². The lowest BCUT2D eigenvalue weighted by molar-refractivity contribution is -0.145. The lowest BCUT2D eigenvalue weighted by Crippen LogP contribution is -2.35. The van der Waals surface area contributed by atoms with Crippen LogP contribution < -0.4 is 20.9 Å². The Hall–Kier alpha value is -3.25. The maximum Gasteiger partial charge on any atom is 0.330 e. The number of hydrogen-bond donors (Lipinski definition) is 2. The van der Waals surface area contributed by atoms with Crippen molar-refractivity contribution >= 4 is 25.3 Å². The molecule has 224 valence electrons. The molecule has 41 heavy (non-hydrogen) atoms. The van der Waals surface area contributed by atoms with Crippen LogP contribution in [0.1, 0.15) is 39.0 Å². The molecule has 2 aromatic carbocycles. The van der Waals surface area contributed by atoms with Gasteiger partial charge in [0, 0.05) is 23.6 Å². The molecule has 14 heteroatoms. The van der Waals surface area contributed by atoms with Gasteiger partial charge in [0.05, 0.1) is 18.8 Å². The Morgan fingerprint density at radius 1 is 1.17 bits per heavy atom. The summed E-state index contributed by atoms with van der Waals surface area (Å²) in [6, 6.07) is 13.3. The van der Waals surface area contributed by atoms with Gasteiger partial charge in [0.25, 0.3) is 5.56 Å². The van der Waals surface area contributed by atoms with E-state index in [9.17, 15) is 27.6 Å². The molecule has 0 saturated carbocycles. The minimum atomic E-state index is -2.17. The quantitative estimate of drug-likeness (QED) is 0.253. The Kier molecular flexibility index (Phi) is 11.9. The van der Waals surface area contributed by atoms with Gasteiger partial charge in [0.15, 0.2) is 6.23 Å². The molecule has 2 heterocycles. The van der Waals surface area contributed by atoms with Gasteiger partial charge in [-0.25, -0.2) is 23.1 Å². The molecule has 4 rings (SSSR count). The average Bonchev–Trinajstić information content (AvgIpc) is 3.27. The fourth-order valence-corrected chi connectivity index (χ4v) is 4.99. The summed E-state index contributed by atoms with van der Waals surface area (Å²) >= 11 is 0. The van der Waals surface area contributed by atoms with Crippen LogP contribution >= 0.6 is 8.53 Å². The summed E-state index contributed by atoms with van der Waals surface area (Å²) in [6.45, 7) is 5.64. The van der Waals surface area contributed by atoms with E-state index in [1.165, 1.54) is 13.1 Å². The number of aromatic nitrogens is 2. The molecule has 4 atom stereocenters. The Morgan fingerprint density at radius 3 is 2.56 bits per heavy atom. The number of nitrogens with one attached hydrogen (secondary N) is 2. The maximum absolute atomic E-state index is 14.8. The van der Waals surface area contributed by atoms with Crippen LogP contribution in [0.5, 0.6) is 5.75 Å². The van der Waals surface area contributed by atoms with Crippen LogP contribution in [-0.2, 0) is 18.8 Å². The van der Waals surface area contributed by atoms with Gasteiger partial charge >= 0.3 is 20.2 Å². The van der Waals surface area contributed by atoms with Gasteiger partial charge < -0.3 is 18.5 Å². The number of aryl methyl sites for hydroxylation is 1. The number of rotatable bonds is 10. The van der Waals surface area contributed by atoms with Crippen molar-refractivity contribution in [1.82, 2.24) is 14.6 Å². The molecule has 1 aliphatic heterocycles. The number of nitrogens with zero attached hydrogens (tertiary/aromatic N) is 1. The summed E-state index contributed by atoms with van der Waals surface area (Å²) in [5.74, 6) is 0.0826. The molecule has 0 spiro atoms. The van der Waals surface area contributed by atoms with E-state index in [1.807, 2.05) is 36.4 Å². The van der Waals surface area contributed by atoms with Crippen LogP contribution in [-0.4, -0.2) is 53.5 Å². The highest BCUT2D eigenvalue weighted by Gasteiger charge is 2.38. The lowest BCUT2D eigenvalue weighted by Gasteiger charge is -2.21. The van der Waals surface area contributed by atoms with Crippen molar-refractivity contribution in [2.75, 3.05) is 13.2 Å². The lowest BCUT2D eigenvalue weighted by atomic mass is 10.1. The monoisotopic (exact) mass is 599 g/mol. The first-order chi connectivity index (χ1) is 19.4. The van der Waals surface area contributed by atoms with Gasteiger partial charge in [-0.2, -0.15) is 0 Å². The molecule has 10 nitrogen and oxygen atoms in total. The maximum atomic E-state index is 14.8. The number of H-pyrrole nitrogens is 1. The Balaban J connectivity index is 0.00000108. The molecule has 1 aliphatic rings. The van der Waals surface area contributed by atoms with Gasteiger partial charge in [-0.15, -0.1) is 0 Å². The zero-order chi connectivity index (χ0) is 30.1. The minimum Gasteiger partial charge on any atom is -0.462 e. The molecule has 0 bridgehead atoms. The normalized spacial score (nSPS) is 19.2. The first-order valence-corrected chi connectivity index (χ1v) is 14.0. The highest BCUT2D eigenvalue weighted by Crippen LogP contribution is 2.40. The van der Waals surface area contributed by atoms with Crippen LogP contribution in [0.3, 0.4) is 0 Å². The first-order valence-electron chi connectivity index (χ1n) is 12.9. The zero-order valence-corrected chi connectivity index (χ0v) is 23.9. The number of fused-ring (bicyclic) bond motifs is 1. The molecule has 1 fully saturated rings. The van der Waals surface area contributed by atoms with Crippen LogP contribution in [0.4, 0.5) is 13.2 Å². The third-order valence-electron chi connectivity index (χ3n) is 5.58. The number of hydrogen-bond acceptors (Lipinski definition) is 8. The van der Waals surface area contributed by atoms with Crippen molar-refractivity contribution in [3.63, 3.8) is 0 Å². The second kappa shape index (κ2) is 15.1. The number of carbonyl (C=O) groups is 1. The van der Waals surface area contributed by atoms with E-state index in [0.717, 1.165) is 22.3 Å². The average molecular weight is 600 g/mol. The zero-order valence-electron chi connectivity index (χ0n) is 23.0. The van der Waals surface area contributed by atoms with Gasteiger partial charge in [-0.1, -0.05) is 36.4 Å².